The third-order valence-electron chi connectivity index (χ3n) is 6.56. The number of ether oxygens (including phenoxy) is 1. The van der Waals surface area contributed by atoms with Gasteiger partial charge < -0.3 is 15.0 Å². The molecule has 2 aromatic heterocycles. The molecule has 12 heteroatoms. The molecular weight excluding hydrogens is 466 g/mol. The van der Waals surface area contributed by atoms with Crippen LogP contribution in [0.25, 0.3) is 5.69 Å². The molecular formula is C24H21N7O5. The van der Waals surface area contributed by atoms with Gasteiger partial charge in [-0.2, -0.15) is 0 Å². The van der Waals surface area contributed by atoms with Gasteiger partial charge in [0.1, 0.15) is 6.04 Å². The van der Waals surface area contributed by atoms with Crippen LogP contribution in [-0.2, 0) is 33.9 Å². The van der Waals surface area contributed by atoms with Crippen molar-refractivity contribution in [3.05, 3.63) is 64.7 Å². The molecule has 3 aliphatic rings. The number of hydrogen-bond acceptors (Lipinski definition) is 8. The standard InChI is InChI=1S/C24H21N7O5/c32-21-4-3-20(23(34)27-21)30-10-13-1-2-16(8-17(13)24(30)35)31-11-19(28-29-31)22(33)26-15-7-14-12-36-6-5-18(14)25-9-15/h1-2,7-9,11,20H,3-6,10,12H2,(H,26,33)(H,27,32,34). The Morgan fingerprint density at radius 3 is 2.89 bits per heavy atom. The zero-order valence-corrected chi connectivity index (χ0v) is 19.1. The number of rotatable bonds is 4. The van der Waals surface area contributed by atoms with Gasteiger partial charge in [-0.1, -0.05) is 11.3 Å². The molecule has 36 heavy (non-hydrogen) atoms. The van der Waals surface area contributed by atoms with Gasteiger partial charge in [-0.3, -0.25) is 29.5 Å². The van der Waals surface area contributed by atoms with Crippen LogP contribution in [0.1, 0.15) is 50.5 Å². The van der Waals surface area contributed by atoms with Crippen LogP contribution in [0.15, 0.2) is 36.7 Å². The van der Waals surface area contributed by atoms with Gasteiger partial charge in [-0.15, -0.1) is 5.10 Å². The minimum atomic E-state index is -0.683. The Labute approximate surface area is 204 Å². The van der Waals surface area contributed by atoms with Crippen molar-refractivity contribution in [2.75, 3.05) is 11.9 Å². The number of nitrogens with one attached hydrogen (secondary N) is 2. The van der Waals surface area contributed by atoms with Crippen LogP contribution in [-0.4, -0.2) is 61.2 Å². The van der Waals surface area contributed by atoms with E-state index in [-0.39, 0.29) is 30.5 Å². The van der Waals surface area contributed by atoms with E-state index in [1.54, 1.807) is 24.4 Å². The molecule has 1 saturated heterocycles. The van der Waals surface area contributed by atoms with Gasteiger partial charge >= 0.3 is 0 Å². The van der Waals surface area contributed by atoms with Crippen molar-refractivity contribution in [3.63, 3.8) is 0 Å². The molecule has 0 saturated carbocycles. The number of carbonyl (C=O) groups excluding carboxylic acids is 4. The Hall–Kier alpha value is -4.45. The highest BCUT2D eigenvalue weighted by molar-refractivity contribution is 6.05. The maximum atomic E-state index is 13.1. The van der Waals surface area contributed by atoms with E-state index in [4.69, 9.17) is 4.74 Å². The van der Waals surface area contributed by atoms with E-state index in [0.717, 1.165) is 23.2 Å². The van der Waals surface area contributed by atoms with E-state index >= 15 is 0 Å². The predicted octanol–water partition coefficient (Wildman–Crippen LogP) is 0.748. The summed E-state index contributed by atoms with van der Waals surface area (Å²) in [5.41, 5.74) is 4.31. The number of benzene rings is 1. The lowest BCUT2D eigenvalue weighted by Crippen LogP contribution is -2.52. The maximum absolute atomic E-state index is 13.1. The van der Waals surface area contributed by atoms with Crippen LogP contribution in [0.3, 0.4) is 0 Å². The average molecular weight is 487 g/mol. The SMILES string of the molecule is O=C1CCC(N2Cc3ccc(-n4cc(C(=O)Nc5cnc6c(c5)COCC6)nn4)cc3C2=O)C(=O)N1. The van der Waals surface area contributed by atoms with E-state index < -0.39 is 17.9 Å². The van der Waals surface area contributed by atoms with Crippen LogP contribution in [0.5, 0.6) is 0 Å². The molecule has 1 fully saturated rings. The summed E-state index contributed by atoms with van der Waals surface area (Å²) in [7, 11) is 0. The number of pyridine rings is 1. The molecule has 5 heterocycles. The van der Waals surface area contributed by atoms with Crippen LogP contribution >= 0.6 is 0 Å². The van der Waals surface area contributed by atoms with E-state index in [1.807, 2.05) is 6.07 Å². The van der Waals surface area contributed by atoms with Crippen molar-refractivity contribution in [2.24, 2.45) is 0 Å². The van der Waals surface area contributed by atoms with Crippen LogP contribution in [0.4, 0.5) is 5.69 Å². The molecule has 3 aliphatic heterocycles. The number of fused-ring (bicyclic) bond motifs is 2. The highest BCUT2D eigenvalue weighted by atomic mass is 16.5. The summed E-state index contributed by atoms with van der Waals surface area (Å²) >= 11 is 0. The first-order valence-corrected chi connectivity index (χ1v) is 11.5. The van der Waals surface area contributed by atoms with Crippen molar-refractivity contribution in [2.45, 2.75) is 38.5 Å². The van der Waals surface area contributed by atoms with Gasteiger partial charge in [0.2, 0.25) is 11.8 Å². The molecule has 182 valence electrons. The minimum Gasteiger partial charge on any atom is -0.376 e. The lowest BCUT2D eigenvalue weighted by Gasteiger charge is -2.29. The first kappa shape index (κ1) is 22.0. The number of imide groups is 1. The van der Waals surface area contributed by atoms with E-state index in [9.17, 15) is 19.2 Å². The van der Waals surface area contributed by atoms with Gasteiger partial charge in [0.25, 0.3) is 11.8 Å². The van der Waals surface area contributed by atoms with Gasteiger partial charge in [0, 0.05) is 36.2 Å². The zero-order valence-electron chi connectivity index (χ0n) is 19.1. The summed E-state index contributed by atoms with van der Waals surface area (Å²) in [4.78, 5) is 55.4. The maximum Gasteiger partial charge on any atom is 0.277 e. The second-order valence-corrected chi connectivity index (χ2v) is 8.88. The Balaban J connectivity index is 1.18. The largest absolute Gasteiger partial charge is 0.376 e. The summed E-state index contributed by atoms with van der Waals surface area (Å²) in [5.74, 6) is -1.52. The highest BCUT2D eigenvalue weighted by Gasteiger charge is 2.39. The first-order chi connectivity index (χ1) is 17.5. The smallest absolute Gasteiger partial charge is 0.277 e. The topological polar surface area (TPSA) is 148 Å². The van der Waals surface area contributed by atoms with Crippen LogP contribution in [0, 0.1) is 0 Å². The van der Waals surface area contributed by atoms with Gasteiger partial charge in [-0.05, 0) is 30.2 Å². The fourth-order valence-electron chi connectivity index (χ4n) is 4.68. The van der Waals surface area contributed by atoms with Gasteiger partial charge in [0.15, 0.2) is 5.69 Å². The highest BCUT2D eigenvalue weighted by Crippen LogP contribution is 2.29. The normalized spacial score (nSPS) is 19.1. The van der Waals surface area contributed by atoms with Crippen molar-refractivity contribution in [3.8, 4) is 5.69 Å². The Morgan fingerprint density at radius 2 is 2.03 bits per heavy atom. The van der Waals surface area contributed by atoms with Crippen LogP contribution in [0.2, 0.25) is 0 Å². The number of nitrogens with zero attached hydrogens (tertiary/aromatic N) is 5. The minimum absolute atomic E-state index is 0.0981. The molecule has 2 N–H and O–H groups in total. The number of amides is 4. The molecule has 3 aromatic rings. The molecule has 0 aliphatic carbocycles. The second-order valence-electron chi connectivity index (χ2n) is 8.88. The number of carbonyl (C=O) groups is 4. The Bertz CT molecular complexity index is 1430. The third-order valence-corrected chi connectivity index (χ3v) is 6.56. The summed E-state index contributed by atoms with van der Waals surface area (Å²) in [6.07, 6.45) is 4.31. The van der Waals surface area contributed by atoms with Crippen LogP contribution < -0.4 is 10.6 Å². The predicted molar refractivity (Wildman–Crippen MR) is 123 cm³/mol. The van der Waals surface area contributed by atoms with E-state index in [2.05, 4.69) is 25.9 Å². The third kappa shape index (κ3) is 3.90. The quantitative estimate of drug-likeness (QED) is 0.512. The zero-order chi connectivity index (χ0) is 24.8. The fraction of sp³-hybridized carbons (Fsp3) is 0.292. The van der Waals surface area contributed by atoms with Crippen molar-refractivity contribution < 1.29 is 23.9 Å². The Morgan fingerprint density at radius 1 is 1.14 bits per heavy atom. The molecule has 4 amide bonds. The number of hydrogen-bond donors (Lipinski definition) is 2. The van der Waals surface area contributed by atoms with Gasteiger partial charge in [-0.25, -0.2) is 4.68 Å². The molecule has 0 spiro atoms. The molecule has 0 radical (unpaired) electrons. The summed E-state index contributed by atoms with van der Waals surface area (Å²) in [6.45, 7) is 1.38. The van der Waals surface area contributed by atoms with Crippen molar-refractivity contribution in [1.29, 1.82) is 0 Å². The summed E-state index contributed by atoms with van der Waals surface area (Å²) < 4.78 is 6.86. The fourth-order valence-corrected chi connectivity index (χ4v) is 4.68. The molecule has 6 rings (SSSR count). The van der Waals surface area contributed by atoms with Crippen molar-refractivity contribution >= 4 is 29.3 Å². The van der Waals surface area contributed by atoms with E-state index in [1.165, 1.54) is 15.8 Å². The average Bonchev–Trinajstić information content (AvgIpc) is 3.49. The number of piperidine rings is 1. The molecule has 1 atom stereocenters. The number of aromatic nitrogens is 4. The van der Waals surface area contributed by atoms with E-state index in [0.29, 0.717) is 36.6 Å². The lowest BCUT2D eigenvalue weighted by molar-refractivity contribution is -0.136. The van der Waals surface area contributed by atoms with Gasteiger partial charge in [0.05, 0.1) is 37.0 Å². The first-order valence-electron chi connectivity index (χ1n) is 11.5. The summed E-state index contributed by atoms with van der Waals surface area (Å²) in [5, 5.41) is 13.1. The summed E-state index contributed by atoms with van der Waals surface area (Å²) in [6, 6.07) is 6.37. The Kier molecular flexibility index (Phi) is 5.29. The number of anilines is 1. The molecule has 12 nitrogen and oxygen atoms in total. The molecule has 0 bridgehead atoms. The monoisotopic (exact) mass is 487 g/mol. The lowest BCUT2D eigenvalue weighted by atomic mass is 10.0. The molecule has 1 aromatic carbocycles. The molecule has 1 unspecified atom stereocenters. The van der Waals surface area contributed by atoms with Crippen molar-refractivity contribution in [1.82, 2.24) is 30.2 Å². The second kappa shape index (κ2) is 8.64.